The van der Waals surface area contributed by atoms with Crippen LogP contribution < -0.4 is 14.8 Å². The van der Waals surface area contributed by atoms with E-state index < -0.39 is 10.0 Å². The van der Waals surface area contributed by atoms with Crippen LogP contribution in [0.5, 0.6) is 5.75 Å². The zero-order chi connectivity index (χ0) is 21.3. The average molecular weight is 434 g/mol. The number of fused-ring (bicyclic) bond motifs is 1. The van der Waals surface area contributed by atoms with E-state index in [9.17, 15) is 12.8 Å². The predicted molar refractivity (Wildman–Crippen MR) is 111 cm³/mol. The SMILES string of the molecule is COc1ccc(F)cc1-c1n[nH]c2nc(N[C@H]3CC[C@H](NS(C)(=O)=O)CC3)ncc12. The maximum absolute atomic E-state index is 13.7. The predicted octanol–water partition coefficient (Wildman–Crippen LogP) is 2.44. The van der Waals surface area contributed by atoms with Gasteiger partial charge in [-0.05, 0) is 43.9 Å². The Kier molecular flexibility index (Phi) is 5.56. The second-order valence-corrected chi connectivity index (χ2v) is 9.24. The van der Waals surface area contributed by atoms with Gasteiger partial charge in [0, 0.05) is 23.8 Å². The van der Waals surface area contributed by atoms with E-state index in [1.165, 1.54) is 25.5 Å². The topological polar surface area (TPSA) is 122 Å². The molecule has 0 radical (unpaired) electrons. The van der Waals surface area contributed by atoms with Gasteiger partial charge in [0.05, 0.1) is 18.8 Å². The third-order valence-electron chi connectivity index (χ3n) is 5.18. The van der Waals surface area contributed by atoms with Gasteiger partial charge in [-0.25, -0.2) is 22.5 Å². The summed E-state index contributed by atoms with van der Waals surface area (Å²) in [5.74, 6) is 0.581. The smallest absolute Gasteiger partial charge is 0.224 e. The van der Waals surface area contributed by atoms with Crippen LogP contribution in [0.2, 0.25) is 0 Å². The number of nitrogens with one attached hydrogen (secondary N) is 3. The number of hydrogen-bond donors (Lipinski definition) is 3. The summed E-state index contributed by atoms with van der Waals surface area (Å²) < 4.78 is 44.5. The fourth-order valence-electron chi connectivity index (χ4n) is 3.79. The summed E-state index contributed by atoms with van der Waals surface area (Å²) in [5, 5.41) is 11.1. The first-order chi connectivity index (χ1) is 14.3. The fourth-order valence-corrected chi connectivity index (χ4v) is 4.63. The zero-order valence-corrected chi connectivity index (χ0v) is 17.5. The number of anilines is 1. The molecule has 1 aliphatic rings. The normalized spacial score (nSPS) is 19.7. The van der Waals surface area contributed by atoms with Gasteiger partial charge in [-0.2, -0.15) is 10.1 Å². The Morgan fingerprint density at radius 1 is 1.20 bits per heavy atom. The molecule has 1 aromatic carbocycles. The van der Waals surface area contributed by atoms with Crippen molar-refractivity contribution in [3.8, 4) is 17.0 Å². The van der Waals surface area contributed by atoms with Crippen LogP contribution >= 0.6 is 0 Å². The van der Waals surface area contributed by atoms with E-state index >= 15 is 0 Å². The fraction of sp³-hybridized carbons (Fsp3) is 0.421. The summed E-state index contributed by atoms with van der Waals surface area (Å²) in [6, 6.07) is 4.37. The van der Waals surface area contributed by atoms with Gasteiger partial charge in [-0.1, -0.05) is 0 Å². The van der Waals surface area contributed by atoms with E-state index in [4.69, 9.17) is 4.74 Å². The minimum absolute atomic E-state index is 0.0298. The first-order valence-electron chi connectivity index (χ1n) is 9.61. The molecular formula is C19H23FN6O3S. The van der Waals surface area contributed by atoms with Crippen LogP contribution in [0.1, 0.15) is 25.7 Å². The number of nitrogens with zero attached hydrogens (tertiary/aromatic N) is 3. The third-order valence-corrected chi connectivity index (χ3v) is 5.94. The highest BCUT2D eigenvalue weighted by Crippen LogP contribution is 2.33. The largest absolute Gasteiger partial charge is 0.496 e. The molecule has 160 valence electrons. The molecule has 2 aromatic heterocycles. The van der Waals surface area contributed by atoms with Crippen LogP contribution in [0.15, 0.2) is 24.4 Å². The van der Waals surface area contributed by atoms with E-state index in [2.05, 4.69) is 30.2 Å². The second kappa shape index (κ2) is 8.15. The lowest BCUT2D eigenvalue weighted by molar-refractivity contribution is 0.387. The lowest BCUT2D eigenvalue weighted by Crippen LogP contribution is -2.39. The number of methoxy groups -OCH3 is 1. The highest BCUT2D eigenvalue weighted by molar-refractivity contribution is 7.88. The summed E-state index contributed by atoms with van der Waals surface area (Å²) in [6.07, 6.45) is 5.94. The van der Waals surface area contributed by atoms with Crippen molar-refractivity contribution in [2.75, 3.05) is 18.7 Å². The summed E-state index contributed by atoms with van der Waals surface area (Å²) in [4.78, 5) is 8.87. The molecule has 1 aliphatic carbocycles. The van der Waals surface area contributed by atoms with E-state index in [-0.39, 0.29) is 17.9 Å². The van der Waals surface area contributed by atoms with E-state index in [0.29, 0.717) is 34.0 Å². The van der Waals surface area contributed by atoms with Gasteiger partial charge in [-0.3, -0.25) is 5.10 Å². The van der Waals surface area contributed by atoms with Crippen LogP contribution in [0.3, 0.4) is 0 Å². The molecule has 0 saturated heterocycles. The van der Waals surface area contributed by atoms with Gasteiger partial charge in [-0.15, -0.1) is 0 Å². The number of aromatic amines is 1. The number of aromatic nitrogens is 4. The van der Waals surface area contributed by atoms with Crippen LogP contribution in [0.25, 0.3) is 22.3 Å². The molecule has 0 amide bonds. The maximum Gasteiger partial charge on any atom is 0.224 e. The van der Waals surface area contributed by atoms with Crippen molar-refractivity contribution in [1.29, 1.82) is 0 Å². The van der Waals surface area contributed by atoms with Crippen molar-refractivity contribution in [3.63, 3.8) is 0 Å². The molecule has 0 spiro atoms. The Balaban J connectivity index is 1.49. The number of benzene rings is 1. The van der Waals surface area contributed by atoms with E-state index in [0.717, 1.165) is 25.7 Å². The Bertz CT molecular complexity index is 1160. The average Bonchev–Trinajstić information content (AvgIpc) is 3.11. The molecule has 4 rings (SSSR count). The molecule has 1 saturated carbocycles. The first-order valence-corrected chi connectivity index (χ1v) is 11.5. The molecule has 11 heteroatoms. The first kappa shape index (κ1) is 20.5. The molecule has 2 heterocycles. The zero-order valence-electron chi connectivity index (χ0n) is 16.6. The van der Waals surface area contributed by atoms with Crippen LogP contribution in [-0.2, 0) is 10.0 Å². The Hall–Kier alpha value is -2.79. The minimum atomic E-state index is -3.19. The monoisotopic (exact) mass is 434 g/mol. The van der Waals surface area contributed by atoms with E-state index in [1.54, 1.807) is 12.3 Å². The lowest BCUT2D eigenvalue weighted by Gasteiger charge is -2.29. The van der Waals surface area contributed by atoms with Crippen molar-refractivity contribution >= 4 is 27.0 Å². The van der Waals surface area contributed by atoms with Gasteiger partial charge in [0.15, 0.2) is 5.65 Å². The van der Waals surface area contributed by atoms with Crippen LogP contribution in [0, 0.1) is 5.82 Å². The number of sulfonamides is 1. The molecule has 0 aliphatic heterocycles. The summed E-state index contributed by atoms with van der Waals surface area (Å²) in [5.41, 5.74) is 1.56. The second-order valence-electron chi connectivity index (χ2n) is 7.46. The van der Waals surface area contributed by atoms with Crippen LogP contribution in [0.4, 0.5) is 10.3 Å². The third kappa shape index (κ3) is 4.51. The number of rotatable bonds is 6. The van der Waals surface area contributed by atoms with Gasteiger partial charge < -0.3 is 10.1 Å². The van der Waals surface area contributed by atoms with Crippen LogP contribution in [-0.4, -0.2) is 54.0 Å². The molecule has 9 nitrogen and oxygen atoms in total. The summed E-state index contributed by atoms with van der Waals surface area (Å²) in [6.45, 7) is 0. The minimum Gasteiger partial charge on any atom is -0.496 e. The molecule has 0 atom stereocenters. The molecule has 30 heavy (non-hydrogen) atoms. The molecule has 0 bridgehead atoms. The van der Waals surface area contributed by atoms with Crippen molar-refractivity contribution in [3.05, 3.63) is 30.2 Å². The molecule has 1 fully saturated rings. The summed E-state index contributed by atoms with van der Waals surface area (Å²) >= 11 is 0. The molecule has 0 unspecified atom stereocenters. The van der Waals surface area contributed by atoms with Crippen molar-refractivity contribution in [2.45, 2.75) is 37.8 Å². The number of hydrogen-bond acceptors (Lipinski definition) is 7. The molecule has 3 N–H and O–H groups in total. The lowest BCUT2D eigenvalue weighted by atomic mass is 9.92. The standard InChI is InChI=1S/C19H23FN6O3S/c1-29-16-8-3-11(20)9-14(16)17-15-10-21-19(23-18(15)25-24-17)22-12-4-6-13(7-5-12)26-30(2,27)28/h3,8-10,12-13,26H,4-7H2,1-2H3,(H2,21,22,23,24,25)/t12-,13-. The molecule has 3 aromatic rings. The van der Waals surface area contributed by atoms with E-state index in [1.807, 2.05) is 0 Å². The number of halogens is 1. The van der Waals surface area contributed by atoms with Crippen molar-refractivity contribution < 1.29 is 17.5 Å². The highest BCUT2D eigenvalue weighted by Gasteiger charge is 2.24. The van der Waals surface area contributed by atoms with Crippen molar-refractivity contribution in [1.82, 2.24) is 24.9 Å². The van der Waals surface area contributed by atoms with Gasteiger partial charge in [0.25, 0.3) is 0 Å². The molecular weight excluding hydrogens is 411 g/mol. The van der Waals surface area contributed by atoms with Gasteiger partial charge in [0.2, 0.25) is 16.0 Å². The Morgan fingerprint density at radius 2 is 1.93 bits per heavy atom. The number of H-pyrrole nitrogens is 1. The van der Waals surface area contributed by atoms with Gasteiger partial charge in [0.1, 0.15) is 17.3 Å². The van der Waals surface area contributed by atoms with Crippen molar-refractivity contribution in [2.24, 2.45) is 0 Å². The maximum atomic E-state index is 13.7. The summed E-state index contributed by atoms with van der Waals surface area (Å²) in [7, 11) is -1.67. The number of ether oxygens (including phenoxy) is 1. The Morgan fingerprint density at radius 3 is 2.63 bits per heavy atom. The van der Waals surface area contributed by atoms with Gasteiger partial charge >= 0.3 is 0 Å². The highest BCUT2D eigenvalue weighted by atomic mass is 32.2. The quantitative estimate of drug-likeness (QED) is 0.545. The Labute approximate surface area is 173 Å².